The van der Waals surface area contributed by atoms with Crippen LogP contribution in [0.1, 0.15) is 5.56 Å². The Morgan fingerprint density at radius 2 is 1.81 bits per heavy atom. The quantitative estimate of drug-likeness (QED) is 0.783. The Labute approximate surface area is 122 Å². The summed E-state index contributed by atoms with van der Waals surface area (Å²) >= 11 is 0. The number of benzene rings is 2. The SMILES string of the molecule is COc1ccc(CCOc2cc(B(O)O)ccc2F)cc1. The monoisotopic (exact) mass is 290 g/mol. The Bertz CT molecular complexity index is 587. The van der Waals surface area contributed by atoms with Crippen molar-refractivity contribution in [2.24, 2.45) is 0 Å². The van der Waals surface area contributed by atoms with E-state index in [2.05, 4.69) is 0 Å². The summed E-state index contributed by atoms with van der Waals surface area (Å²) in [5.74, 6) is 0.249. The van der Waals surface area contributed by atoms with Crippen LogP contribution in [0.15, 0.2) is 42.5 Å². The summed E-state index contributed by atoms with van der Waals surface area (Å²) < 4.78 is 24.0. The Morgan fingerprint density at radius 3 is 2.43 bits per heavy atom. The van der Waals surface area contributed by atoms with Crippen molar-refractivity contribution in [2.45, 2.75) is 6.42 Å². The second-order valence-electron chi connectivity index (χ2n) is 4.51. The molecule has 2 rings (SSSR count). The van der Waals surface area contributed by atoms with Gasteiger partial charge in [0, 0.05) is 6.42 Å². The Hall–Kier alpha value is -2.05. The van der Waals surface area contributed by atoms with Crippen LogP contribution in [-0.4, -0.2) is 30.9 Å². The van der Waals surface area contributed by atoms with Crippen molar-refractivity contribution in [1.82, 2.24) is 0 Å². The molecule has 0 fully saturated rings. The van der Waals surface area contributed by atoms with Gasteiger partial charge in [0.25, 0.3) is 0 Å². The Balaban J connectivity index is 1.94. The lowest BCUT2D eigenvalue weighted by atomic mass is 9.80. The van der Waals surface area contributed by atoms with E-state index in [9.17, 15) is 4.39 Å². The Kier molecular flexibility index (Phi) is 5.19. The number of rotatable bonds is 6. The summed E-state index contributed by atoms with van der Waals surface area (Å²) in [6.45, 7) is 0.286. The van der Waals surface area contributed by atoms with Gasteiger partial charge in [-0.05, 0) is 35.3 Å². The summed E-state index contributed by atoms with van der Waals surface area (Å²) in [6, 6.07) is 11.2. The first kappa shape index (κ1) is 15.3. The van der Waals surface area contributed by atoms with Gasteiger partial charge in [-0.15, -0.1) is 0 Å². The molecule has 0 spiro atoms. The molecular weight excluding hydrogens is 274 g/mol. The second-order valence-corrected chi connectivity index (χ2v) is 4.51. The van der Waals surface area contributed by atoms with Gasteiger partial charge in [-0.1, -0.05) is 18.2 Å². The second kappa shape index (κ2) is 7.10. The lowest BCUT2D eigenvalue weighted by Crippen LogP contribution is -2.29. The first-order chi connectivity index (χ1) is 10.1. The molecule has 0 bridgehead atoms. The van der Waals surface area contributed by atoms with Gasteiger partial charge in [-0.3, -0.25) is 0 Å². The molecule has 0 saturated carbocycles. The van der Waals surface area contributed by atoms with Gasteiger partial charge in [0.15, 0.2) is 11.6 Å². The zero-order valence-corrected chi connectivity index (χ0v) is 11.6. The summed E-state index contributed by atoms with van der Waals surface area (Å²) in [5, 5.41) is 18.1. The van der Waals surface area contributed by atoms with E-state index in [-0.39, 0.29) is 17.8 Å². The van der Waals surface area contributed by atoms with Gasteiger partial charge in [0.1, 0.15) is 5.75 Å². The van der Waals surface area contributed by atoms with E-state index in [0.717, 1.165) is 17.4 Å². The van der Waals surface area contributed by atoms with E-state index >= 15 is 0 Å². The largest absolute Gasteiger partial charge is 0.497 e. The van der Waals surface area contributed by atoms with E-state index in [1.54, 1.807) is 7.11 Å². The molecule has 0 aromatic heterocycles. The number of hydrogen-bond donors (Lipinski definition) is 2. The maximum absolute atomic E-state index is 13.6. The molecule has 2 aromatic carbocycles. The normalized spacial score (nSPS) is 10.3. The molecule has 0 aliphatic carbocycles. The van der Waals surface area contributed by atoms with Crippen molar-refractivity contribution >= 4 is 12.6 Å². The molecule has 0 amide bonds. The van der Waals surface area contributed by atoms with E-state index in [1.165, 1.54) is 12.1 Å². The van der Waals surface area contributed by atoms with Crippen molar-refractivity contribution in [3.8, 4) is 11.5 Å². The predicted octanol–water partition coefficient (Wildman–Crippen LogP) is 1.14. The summed E-state index contributed by atoms with van der Waals surface area (Å²) in [6.07, 6.45) is 0.606. The average molecular weight is 290 g/mol. The molecule has 6 heteroatoms. The molecule has 2 aromatic rings. The highest BCUT2D eigenvalue weighted by atomic mass is 19.1. The summed E-state index contributed by atoms with van der Waals surface area (Å²) in [4.78, 5) is 0. The fourth-order valence-corrected chi connectivity index (χ4v) is 1.86. The predicted molar refractivity (Wildman–Crippen MR) is 78.4 cm³/mol. The van der Waals surface area contributed by atoms with Crippen molar-refractivity contribution in [2.75, 3.05) is 13.7 Å². The zero-order chi connectivity index (χ0) is 15.2. The van der Waals surface area contributed by atoms with Crippen LogP contribution >= 0.6 is 0 Å². The molecule has 0 aliphatic heterocycles. The summed E-state index contributed by atoms with van der Waals surface area (Å²) in [5.41, 5.74) is 1.23. The van der Waals surface area contributed by atoms with Crippen LogP contribution in [-0.2, 0) is 6.42 Å². The maximum Gasteiger partial charge on any atom is 0.488 e. The first-order valence-corrected chi connectivity index (χ1v) is 6.51. The topological polar surface area (TPSA) is 58.9 Å². The third-order valence-electron chi connectivity index (χ3n) is 3.06. The summed E-state index contributed by atoms with van der Waals surface area (Å²) in [7, 11) is -0.0433. The molecule has 0 heterocycles. The molecule has 110 valence electrons. The van der Waals surface area contributed by atoms with Gasteiger partial charge in [-0.2, -0.15) is 0 Å². The highest BCUT2D eigenvalue weighted by molar-refractivity contribution is 6.58. The lowest BCUT2D eigenvalue weighted by Gasteiger charge is -2.09. The fraction of sp³-hybridized carbons (Fsp3) is 0.200. The van der Waals surface area contributed by atoms with Crippen LogP contribution in [0, 0.1) is 5.82 Å². The van der Waals surface area contributed by atoms with Crippen LogP contribution in [0.5, 0.6) is 11.5 Å². The molecule has 0 atom stereocenters. The number of ether oxygens (including phenoxy) is 2. The average Bonchev–Trinajstić information content (AvgIpc) is 2.49. The number of halogens is 1. The van der Waals surface area contributed by atoms with Crippen LogP contribution in [0.4, 0.5) is 4.39 Å². The van der Waals surface area contributed by atoms with E-state index < -0.39 is 12.9 Å². The van der Waals surface area contributed by atoms with E-state index in [1.807, 2.05) is 24.3 Å². The minimum atomic E-state index is -1.64. The standard InChI is InChI=1S/C15H16BFO4/c1-20-13-5-2-11(3-6-13)8-9-21-15-10-12(16(18)19)4-7-14(15)17/h2-7,10,18-19H,8-9H2,1H3. The minimum Gasteiger partial charge on any atom is -0.497 e. The minimum absolute atomic E-state index is 0.00844. The van der Waals surface area contributed by atoms with Crippen molar-refractivity contribution in [3.05, 3.63) is 53.8 Å². The molecule has 2 N–H and O–H groups in total. The fourth-order valence-electron chi connectivity index (χ4n) is 1.86. The Morgan fingerprint density at radius 1 is 1.10 bits per heavy atom. The van der Waals surface area contributed by atoms with Crippen molar-refractivity contribution in [3.63, 3.8) is 0 Å². The van der Waals surface area contributed by atoms with Crippen LogP contribution < -0.4 is 14.9 Å². The van der Waals surface area contributed by atoms with Crippen molar-refractivity contribution < 1.29 is 23.9 Å². The third kappa shape index (κ3) is 4.21. The molecule has 21 heavy (non-hydrogen) atoms. The highest BCUT2D eigenvalue weighted by Crippen LogP contribution is 2.16. The van der Waals surface area contributed by atoms with Gasteiger partial charge in [0.2, 0.25) is 0 Å². The van der Waals surface area contributed by atoms with Crippen LogP contribution in [0.2, 0.25) is 0 Å². The first-order valence-electron chi connectivity index (χ1n) is 6.51. The molecule has 0 unspecified atom stereocenters. The molecule has 0 radical (unpaired) electrons. The smallest absolute Gasteiger partial charge is 0.488 e. The van der Waals surface area contributed by atoms with E-state index in [0.29, 0.717) is 6.42 Å². The van der Waals surface area contributed by atoms with Crippen molar-refractivity contribution in [1.29, 1.82) is 0 Å². The molecule has 0 saturated heterocycles. The van der Waals surface area contributed by atoms with Gasteiger partial charge in [0.05, 0.1) is 13.7 Å². The zero-order valence-electron chi connectivity index (χ0n) is 11.6. The molecule has 0 aliphatic rings. The highest BCUT2D eigenvalue weighted by Gasteiger charge is 2.14. The number of hydrogen-bond acceptors (Lipinski definition) is 4. The van der Waals surface area contributed by atoms with Gasteiger partial charge < -0.3 is 19.5 Å². The maximum atomic E-state index is 13.6. The van der Waals surface area contributed by atoms with Crippen LogP contribution in [0.25, 0.3) is 0 Å². The van der Waals surface area contributed by atoms with Crippen LogP contribution in [0.3, 0.4) is 0 Å². The lowest BCUT2D eigenvalue weighted by molar-refractivity contribution is 0.305. The van der Waals surface area contributed by atoms with Gasteiger partial charge in [-0.25, -0.2) is 4.39 Å². The van der Waals surface area contributed by atoms with Gasteiger partial charge >= 0.3 is 7.12 Å². The van der Waals surface area contributed by atoms with E-state index in [4.69, 9.17) is 19.5 Å². The molecule has 4 nitrogen and oxygen atoms in total. The third-order valence-corrected chi connectivity index (χ3v) is 3.06. The number of methoxy groups -OCH3 is 1. The molecular formula is C15H16BFO4.